The molecular formula is C30H21ClF5N3O4S. The second-order valence-electron chi connectivity index (χ2n) is 9.66. The zero-order valence-electron chi connectivity index (χ0n) is 22.8. The Hall–Kier alpha value is -4.49. The summed E-state index contributed by atoms with van der Waals surface area (Å²) < 4.78 is 73.9. The molecule has 228 valence electrons. The van der Waals surface area contributed by atoms with Crippen molar-refractivity contribution in [3.8, 4) is 5.75 Å². The Bertz CT molecular complexity index is 1790. The number of hydrogen-bond donors (Lipinski definition) is 2. The fourth-order valence-electron chi connectivity index (χ4n) is 4.90. The topological polar surface area (TPSA) is 87.7 Å². The Labute approximate surface area is 256 Å². The number of methoxy groups -OCH3 is 1. The first-order valence-corrected chi connectivity index (χ1v) is 14.0. The number of fused-ring (bicyclic) bond motifs is 1. The molecule has 0 bridgehead atoms. The minimum absolute atomic E-state index is 0.0426. The molecule has 1 aliphatic rings. The monoisotopic (exact) mass is 649 g/mol. The Kier molecular flexibility index (Phi) is 8.36. The number of nitrogens with one attached hydrogen (secondary N) is 2. The fraction of sp³-hybridized carbons (Fsp3) is 0.167. The molecule has 0 spiro atoms. The summed E-state index contributed by atoms with van der Waals surface area (Å²) in [5, 5.41) is 4.86. The van der Waals surface area contributed by atoms with Crippen LogP contribution < -0.4 is 15.4 Å². The van der Waals surface area contributed by atoms with E-state index in [1.54, 1.807) is 24.3 Å². The summed E-state index contributed by atoms with van der Waals surface area (Å²) in [6, 6.07) is 10.5. The lowest BCUT2D eigenvalue weighted by atomic mass is 9.98. The highest BCUT2D eigenvalue weighted by Crippen LogP contribution is 2.50. The molecule has 4 aromatic rings. The molecule has 2 N–H and O–H groups in total. The molecule has 1 aromatic heterocycles. The number of alkyl halides is 3. The van der Waals surface area contributed by atoms with Crippen LogP contribution >= 0.6 is 22.9 Å². The van der Waals surface area contributed by atoms with Gasteiger partial charge in [-0.15, -0.1) is 11.3 Å². The van der Waals surface area contributed by atoms with Crippen molar-refractivity contribution in [3.05, 3.63) is 116 Å². The highest BCUT2D eigenvalue weighted by Gasteiger charge is 2.45. The summed E-state index contributed by atoms with van der Waals surface area (Å²) >= 11 is 7.19. The number of rotatable bonds is 7. The average molecular weight is 650 g/mol. The van der Waals surface area contributed by atoms with Crippen LogP contribution in [0.15, 0.2) is 60.7 Å². The fourth-order valence-corrected chi connectivity index (χ4v) is 6.28. The zero-order chi connectivity index (χ0) is 31.9. The molecule has 3 amide bonds. The smallest absolute Gasteiger partial charge is 0.416 e. The van der Waals surface area contributed by atoms with E-state index in [1.807, 2.05) is 0 Å². The second-order valence-corrected chi connectivity index (χ2v) is 11.1. The van der Waals surface area contributed by atoms with Gasteiger partial charge >= 0.3 is 6.18 Å². The number of ether oxygens (including phenoxy) is 1. The van der Waals surface area contributed by atoms with Crippen LogP contribution in [-0.4, -0.2) is 36.8 Å². The number of anilines is 1. The molecule has 7 nitrogen and oxygen atoms in total. The lowest BCUT2D eigenvalue weighted by Crippen LogP contribution is -2.30. The van der Waals surface area contributed by atoms with E-state index >= 15 is 0 Å². The van der Waals surface area contributed by atoms with Gasteiger partial charge in [0.25, 0.3) is 17.7 Å². The van der Waals surface area contributed by atoms with Crippen molar-refractivity contribution < 1.29 is 41.1 Å². The van der Waals surface area contributed by atoms with Crippen molar-refractivity contribution in [1.29, 1.82) is 0 Å². The lowest BCUT2D eigenvalue weighted by molar-refractivity contribution is -0.137. The Balaban J connectivity index is 1.66. The van der Waals surface area contributed by atoms with E-state index in [0.717, 1.165) is 12.1 Å². The van der Waals surface area contributed by atoms with E-state index in [0.29, 0.717) is 34.8 Å². The molecule has 3 aromatic carbocycles. The Morgan fingerprint density at radius 2 is 1.70 bits per heavy atom. The van der Waals surface area contributed by atoms with Gasteiger partial charge in [0.05, 0.1) is 24.3 Å². The van der Waals surface area contributed by atoms with Gasteiger partial charge in [-0.05, 0) is 54.1 Å². The van der Waals surface area contributed by atoms with E-state index in [2.05, 4.69) is 10.6 Å². The molecule has 1 unspecified atom stereocenters. The number of halogens is 6. The van der Waals surface area contributed by atoms with E-state index in [9.17, 15) is 36.3 Å². The predicted octanol–water partition coefficient (Wildman–Crippen LogP) is 7.06. The molecular weight excluding hydrogens is 629 g/mol. The Morgan fingerprint density at radius 3 is 2.34 bits per heavy atom. The van der Waals surface area contributed by atoms with E-state index in [4.69, 9.17) is 16.3 Å². The number of carbonyl (C=O) groups excluding carboxylic acids is 3. The summed E-state index contributed by atoms with van der Waals surface area (Å²) in [5.41, 5.74) is -1.28. The number of nitrogens with zero attached hydrogens (tertiary/aromatic N) is 1. The number of benzene rings is 3. The van der Waals surface area contributed by atoms with Crippen molar-refractivity contribution >= 4 is 45.7 Å². The number of amides is 3. The molecule has 5 rings (SSSR count). The van der Waals surface area contributed by atoms with Crippen LogP contribution in [0, 0.1) is 11.6 Å². The quantitative estimate of drug-likeness (QED) is 0.210. The average Bonchev–Trinajstić information content (AvgIpc) is 3.48. The largest absolute Gasteiger partial charge is 0.497 e. The molecule has 2 heterocycles. The predicted molar refractivity (Wildman–Crippen MR) is 153 cm³/mol. The highest BCUT2D eigenvalue weighted by molar-refractivity contribution is 7.18. The third-order valence-corrected chi connectivity index (χ3v) is 8.38. The van der Waals surface area contributed by atoms with Crippen molar-refractivity contribution in [2.45, 2.75) is 18.8 Å². The van der Waals surface area contributed by atoms with Crippen molar-refractivity contribution in [2.24, 2.45) is 0 Å². The van der Waals surface area contributed by atoms with Crippen molar-refractivity contribution in [3.63, 3.8) is 0 Å². The van der Waals surface area contributed by atoms with Gasteiger partial charge in [0.2, 0.25) is 0 Å². The van der Waals surface area contributed by atoms with Gasteiger partial charge in [0.1, 0.15) is 27.3 Å². The van der Waals surface area contributed by atoms with E-state index in [1.165, 1.54) is 25.1 Å². The lowest BCUT2D eigenvalue weighted by Gasteiger charge is -2.27. The van der Waals surface area contributed by atoms with Gasteiger partial charge in [-0.3, -0.25) is 14.4 Å². The maximum atomic E-state index is 14.6. The number of carbonyl (C=O) groups is 3. The SMILES string of the molecule is CNC(=O)c1sc(NC(=O)c2cc(F)cc(C(F)(F)F)c2)c2c1C(=O)N(Cc1ccc(OC)cc1)C2c1cc(F)ccc1Cl. The van der Waals surface area contributed by atoms with Crippen molar-refractivity contribution in [2.75, 3.05) is 19.5 Å². The third kappa shape index (κ3) is 5.84. The van der Waals surface area contributed by atoms with Gasteiger partial charge in [-0.2, -0.15) is 13.2 Å². The van der Waals surface area contributed by atoms with E-state index < -0.39 is 52.7 Å². The van der Waals surface area contributed by atoms with Gasteiger partial charge in [-0.25, -0.2) is 8.78 Å². The van der Waals surface area contributed by atoms with Crippen LogP contribution in [0.2, 0.25) is 5.02 Å². The maximum absolute atomic E-state index is 14.6. The summed E-state index contributed by atoms with van der Waals surface area (Å²) in [5.74, 6) is -3.86. The standard InChI is InChI=1S/C30H21ClF5N3O4S/c1-37-27(41)25-23-22(28(44-25)38-26(40)15-9-16(30(34,35)36)11-18(33)10-15)24(20-12-17(32)5-8-21(20)31)39(29(23)42)13-14-3-6-19(43-2)7-4-14/h3-12,24H,13H2,1-2H3,(H,37,41)(H,38,40). The van der Waals surface area contributed by atoms with Gasteiger partial charge in [-0.1, -0.05) is 23.7 Å². The van der Waals surface area contributed by atoms with Crippen molar-refractivity contribution in [1.82, 2.24) is 10.2 Å². The second kappa shape index (κ2) is 11.9. The normalized spacial score (nSPS) is 14.4. The summed E-state index contributed by atoms with van der Waals surface area (Å²) in [6.45, 7) is -0.0426. The van der Waals surface area contributed by atoms with Crippen LogP contribution in [-0.2, 0) is 12.7 Å². The van der Waals surface area contributed by atoms with Gasteiger partial charge in [0.15, 0.2) is 0 Å². The summed E-state index contributed by atoms with van der Waals surface area (Å²) in [7, 11) is 2.82. The van der Waals surface area contributed by atoms with Crippen LogP contribution in [0.4, 0.5) is 27.0 Å². The molecule has 1 aliphatic heterocycles. The first-order valence-electron chi connectivity index (χ1n) is 12.8. The first kappa shape index (κ1) is 31.0. The number of hydrogen-bond acceptors (Lipinski definition) is 5. The minimum atomic E-state index is -4.93. The molecule has 0 saturated heterocycles. The van der Waals surface area contributed by atoms with Crippen LogP contribution in [0.3, 0.4) is 0 Å². The summed E-state index contributed by atoms with van der Waals surface area (Å²) in [6.07, 6.45) is -4.93. The molecule has 0 fully saturated rings. The molecule has 14 heteroatoms. The van der Waals surface area contributed by atoms with Gasteiger partial charge < -0.3 is 20.3 Å². The minimum Gasteiger partial charge on any atom is -0.497 e. The zero-order valence-corrected chi connectivity index (χ0v) is 24.4. The molecule has 0 radical (unpaired) electrons. The molecule has 44 heavy (non-hydrogen) atoms. The van der Waals surface area contributed by atoms with Crippen LogP contribution in [0.1, 0.15) is 58.7 Å². The molecule has 1 atom stereocenters. The highest BCUT2D eigenvalue weighted by atomic mass is 35.5. The van der Waals surface area contributed by atoms with E-state index in [-0.39, 0.29) is 44.2 Å². The summed E-state index contributed by atoms with van der Waals surface area (Å²) in [4.78, 5) is 41.4. The van der Waals surface area contributed by atoms with Gasteiger partial charge in [0, 0.05) is 35.3 Å². The maximum Gasteiger partial charge on any atom is 0.416 e. The molecule has 0 aliphatic carbocycles. The first-order chi connectivity index (χ1) is 20.8. The Morgan fingerprint density at radius 1 is 1.00 bits per heavy atom. The number of thiophene rings is 1. The van der Waals surface area contributed by atoms with Crippen LogP contribution in [0.5, 0.6) is 5.75 Å². The molecule has 0 saturated carbocycles. The third-order valence-electron chi connectivity index (χ3n) is 6.92. The van der Waals surface area contributed by atoms with Crippen LogP contribution in [0.25, 0.3) is 0 Å².